The molecule has 0 saturated heterocycles. The molecule has 1 unspecified atom stereocenters. The Kier molecular flexibility index (Phi) is 2.99. The van der Waals surface area contributed by atoms with Crippen molar-refractivity contribution in [2.45, 2.75) is 16.6 Å². The van der Waals surface area contributed by atoms with E-state index in [1.807, 2.05) is 36.4 Å². The van der Waals surface area contributed by atoms with Gasteiger partial charge in [0.05, 0.1) is 4.90 Å². The highest BCUT2D eigenvalue weighted by Gasteiger charge is 2.29. The first-order valence-electron chi connectivity index (χ1n) is 6.23. The maximum absolute atomic E-state index is 12.7. The Labute approximate surface area is 113 Å². The molecule has 0 radical (unpaired) electrons. The molecule has 19 heavy (non-hydrogen) atoms. The van der Waals surface area contributed by atoms with Crippen LogP contribution in [-0.4, -0.2) is 8.42 Å². The topological polar surface area (TPSA) is 34.1 Å². The van der Waals surface area contributed by atoms with E-state index in [1.54, 1.807) is 30.3 Å². The van der Waals surface area contributed by atoms with Crippen LogP contribution >= 0.6 is 0 Å². The van der Waals surface area contributed by atoms with Crippen molar-refractivity contribution in [1.29, 1.82) is 0 Å². The molecule has 0 spiro atoms. The molecule has 2 nitrogen and oxygen atoms in total. The predicted molar refractivity (Wildman–Crippen MR) is 75.7 cm³/mol. The summed E-state index contributed by atoms with van der Waals surface area (Å²) >= 11 is 0. The van der Waals surface area contributed by atoms with E-state index in [1.165, 1.54) is 0 Å². The van der Waals surface area contributed by atoms with Crippen LogP contribution in [0.5, 0.6) is 0 Å². The molecule has 0 saturated carbocycles. The Morgan fingerprint density at radius 2 is 1.58 bits per heavy atom. The molecule has 2 aromatic carbocycles. The second-order valence-corrected chi connectivity index (χ2v) is 6.68. The van der Waals surface area contributed by atoms with E-state index < -0.39 is 15.1 Å². The molecule has 0 aromatic heterocycles. The number of sulfone groups is 1. The zero-order chi connectivity index (χ0) is 13.3. The molecule has 0 aliphatic heterocycles. The van der Waals surface area contributed by atoms with Crippen molar-refractivity contribution in [2.24, 2.45) is 0 Å². The summed E-state index contributed by atoms with van der Waals surface area (Å²) in [5, 5.41) is -0.570. The van der Waals surface area contributed by atoms with Gasteiger partial charge >= 0.3 is 0 Å². The molecule has 0 heterocycles. The maximum atomic E-state index is 12.7. The minimum absolute atomic E-state index is 0.376. The van der Waals surface area contributed by atoms with E-state index in [2.05, 4.69) is 0 Å². The number of allylic oxidation sites excluding steroid dienone is 1. The summed E-state index contributed by atoms with van der Waals surface area (Å²) in [6.45, 7) is 0. The summed E-state index contributed by atoms with van der Waals surface area (Å²) in [5.41, 5.74) is 1.99. The van der Waals surface area contributed by atoms with Gasteiger partial charge in [0.25, 0.3) is 0 Å². The first-order valence-corrected chi connectivity index (χ1v) is 7.77. The Morgan fingerprint density at radius 3 is 2.37 bits per heavy atom. The molecule has 0 bridgehead atoms. The van der Waals surface area contributed by atoms with Gasteiger partial charge in [0, 0.05) is 0 Å². The van der Waals surface area contributed by atoms with Gasteiger partial charge in [-0.2, -0.15) is 0 Å². The van der Waals surface area contributed by atoms with E-state index in [-0.39, 0.29) is 0 Å². The molecular formula is C16H14O2S. The summed E-state index contributed by atoms with van der Waals surface area (Å²) < 4.78 is 25.4. The summed E-state index contributed by atoms with van der Waals surface area (Å²) in [6, 6.07) is 16.4. The lowest BCUT2D eigenvalue weighted by Crippen LogP contribution is -2.15. The van der Waals surface area contributed by atoms with Crippen molar-refractivity contribution in [2.75, 3.05) is 0 Å². The molecule has 3 rings (SSSR count). The normalized spacial score (nSPS) is 18.0. The van der Waals surface area contributed by atoms with Crippen LogP contribution in [0.15, 0.2) is 71.6 Å². The second kappa shape index (κ2) is 4.67. The second-order valence-electron chi connectivity index (χ2n) is 4.61. The van der Waals surface area contributed by atoms with Crippen LogP contribution < -0.4 is 0 Å². The minimum atomic E-state index is -3.36. The first-order chi connectivity index (χ1) is 9.19. The van der Waals surface area contributed by atoms with Gasteiger partial charge in [-0.1, -0.05) is 54.6 Å². The average molecular weight is 270 g/mol. The molecule has 0 amide bonds. The highest BCUT2D eigenvalue weighted by molar-refractivity contribution is 7.91. The number of benzene rings is 2. The lowest BCUT2D eigenvalue weighted by molar-refractivity contribution is 0.589. The molecule has 0 N–H and O–H groups in total. The number of fused-ring (bicyclic) bond motifs is 1. The van der Waals surface area contributed by atoms with Crippen LogP contribution in [0.1, 0.15) is 16.4 Å². The van der Waals surface area contributed by atoms with E-state index in [4.69, 9.17) is 0 Å². The van der Waals surface area contributed by atoms with Gasteiger partial charge in [0.15, 0.2) is 9.84 Å². The van der Waals surface area contributed by atoms with Crippen molar-refractivity contribution in [3.05, 3.63) is 77.9 Å². The third-order valence-electron chi connectivity index (χ3n) is 3.42. The molecule has 1 atom stereocenters. The van der Waals surface area contributed by atoms with Crippen LogP contribution in [0.25, 0.3) is 0 Å². The summed E-state index contributed by atoms with van der Waals surface area (Å²) in [5.74, 6) is 0. The Hall–Kier alpha value is -1.87. The molecular weight excluding hydrogens is 256 g/mol. The van der Waals surface area contributed by atoms with Crippen molar-refractivity contribution in [3.8, 4) is 0 Å². The van der Waals surface area contributed by atoms with Gasteiger partial charge in [-0.15, -0.1) is 0 Å². The van der Waals surface area contributed by atoms with Gasteiger partial charge in [0.1, 0.15) is 5.25 Å². The van der Waals surface area contributed by atoms with E-state index in [0.29, 0.717) is 4.90 Å². The SMILES string of the molecule is O=S(=O)(c1ccccc1)C1C=CCc2ccccc21. The highest BCUT2D eigenvalue weighted by atomic mass is 32.2. The smallest absolute Gasteiger partial charge is 0.188 e. The lowest BCUT2D eigenvalue weighted by atomic mass is 9.97. The zero-order valence-electron chi connectivity index (χ0n) is 10.4. The minimum Gasteiger partial charge on any atom is -0.223 e. The van der Waals surface area contributed by atoms with Crippen molar-refractivity contribution >= 4 is 9.84 Å². The fourth-order valence-corrected chi connectivity index (χ4v) is 4.16. The number of rotatable bonds is 2. The molecule has 1 aliphatic rings. The van der Waals surface area contributed by atoms with Crippen LogP contribution in [0.2, 0.25) is 0 Å². The van der Waals surface area contributed by atoms with Crippen molar-refractivity contribution < 1.29 is 8.42 Å². The first kappa shape index (κ1) is 12.2. The molecule has 96 valence electrons. The van der Waals surface area contributed by atoms with Crippen LogP contribution in [-0.2, 0) is 16.3 Å². The Morgan fingerprint density at radius 1 is 0.895 bits per heavy atom. The van der Waals surface area contributed by atoms with E-state index in [9.17, 15) is 8.42 Å². The quantitative estimate of drug-likeness (QED) is 0.785. The van der Waals surface area contributed by atoms with Crippen LogP contribution in [0.3, 0.4) is 0 Å². The zero-order valence-corrected chi connectivity index (χ0v) is 11.2. The van der Waals surface area contributed by atoms with Gasteiger partial charge in [0.2, 0.25) is 0 Å². The maximum Gasteiger partial charge on any atom is 0.188 e. The third kappa shape index (κ3) is 2.10. The van der Waals surface area contributed by atoms with E-state index in [0.717, 1.165) is 17.5 Å². The van der Waals surface area contributed by atoms with Crippen LogP contribution in [0, 0.1) is 0 Å². The monoisotopic (exact) mass is 270 g/mol. The van der Waals surface area contributed by atoms with Gasteiger partial charge < -0.3 is 0 Å². The molecule has 2 aromatic rings. The third-order valence-corrected chi connectivity index (χ3v) is 5.43. The van der Waals surface area contributed by atoms with Crippen molar-refractivity contribution in [3.63, 3.8) is 0 Å². The fraction of sp³-hybridized carbons (Fsp3) is 0.125. The Bertz CT molecular complexity index is 715. The van der Waals surface area contributed by atoms with Gasteiger partial charge in [-0.3, -0.25) is 0 Å². The molecule has 1 aliphatic carbocycles. The fourth-order valence-electron chi connectivity index (χ4n) is 2.45. The van der Waals surface area contributed by atoms with Crippen LogP contribution in [0.4, 0.5) is 0 Å². The van der Waals surface area contributed by atoms with Gasteiger partial charge in [-0.05, 0) is 29.7 Å². The lowest BCUT2D eigenvalue weighted by Gasteiger charge is -2.21. The summed E-state index contributed by atoms with van der Waals surface area (Å²) in [4.78, 5) is 0.376. The highest BCUT2D eigenvalue weighted by Crippen LogP contribution is 2.34. The molecule has 0 fully saturated rings. The predicted octanol–water partition coefficient (Wildman–Crippen LogP) is 3.31. The largest absolute Gasteiger partial charge is 0.223 e. The number of hydrogen-bond acceptors (Lipinski definition) is 2. The summed E-state index contributed by atoms with van der Waals surface area (Å²) in [6.07, 6.45) is 4.54. The van der Waals surface area contributed by atoms with Gasteiger partial charge in [-0.25, -0.2) is 8.42 Å². The summed E-state index contributed by atoms with van der Waals surface area (Å²) in [7, 11) is -3.36. The standard InChI is InChI=1S/C16H14O2S/c17-19(18,14-9-2-1-3-10-14)16-12-6-8-13-7-4-5-11-15(13)16/h1-7,9-12,16H,8H2. The Balaban J connectivity index is 2.13. The average Bonchev–Trinajstić information content (AvgIpc) is 2.47. The number of hydrogen-bond donors (Lipinski definition) is 0. The van der Waals surface area contributed by atoms with E-state index >= 15 is 0 Å². The van der Waals surface area contributed by atoms with Crippen molar-refractivity contribution in [1.82, 2.24) is 0 Å². The molecule has 3 heteroatoms.